The van der Waals surface area contributed by atoms with E-state index in [-0.39, 0.29) is 10.5 Å². The number of benzene rings is 2. The highest BCUT2D eigenvalue weighted by molar-refractivity contribution is 7.92. The fraction of sp³-hybridized carbons (Fsp3) is 0.188. The Morgan fingerprint density at radius 1 is 1.09 bits per heavy atom. The van der Waals surface area contributed by atoms with Gasteiger partial charge < -0.3 is 5.11 Å². The Morgan fingerprint density at radius 2 is 1.65 bits per heavy atom. The third-order valence-corrected chi connectivity index (χ3v) is 5.00. The van der Waals surface area contributed by atoms with Gasteiger partial charge in [-0.3, -0.25) is 4.72 Å². The molecule has 0 spiro atoms. The Bertz CT molecular complexity index is 868. The highest BCUT2D eigenvalue weighted by Crippen LogP contribution is 2.26. The number of rotatable bonds is 4. The van der Waals surface area contributed by atoms with Gasteiger partial charge in [0, 0.05) is 0 Å². The quantitative estimate of drug-likeness (QED) is 0.897. The summed E-state index contributed by atoms with van der Waals surface area (Å²) in [5.41, 5.74) is 1.37. The zero-order valence-corrected chi connectivity index (χ0v) is 13.7. The van der Waals surface area contributed by atoms with Gasteiger partial charge in [-0.25, -0.2) is 17.6 Å². The van der Waals surface area contributed by atoms with Crippen LogP contribution < -0.4 is 4.72 Å². The summed E-state index contributed by atoms with van der Waals surface area (Å²) in [7, 11) is -4.04. The first kappa shape index (κ1) is 17.0. The van der Waals surface area contributed by atoms with E-state index in [1.54, 1.807) is 26.0 Å². The average molecular weight is 337 g/mol. The number of carboxylic acids is 1. The fourth-order valence-electron chi connectivity index (χ4n) is 2.52. The summed E-state index contributed by atoms with van der Waals surface area (Å²) in [4.78, 5) is 11.0. The van der Waals surface area contributed by atoms with Crippen LogP contribution in [0.1, 0.15) is 27.0 Å². The predicted molar refractivity (Wildman–Crippen MR) is 84.8 cm³/mol. The molecule has 0 aliphatic carbocycles. The zero-order valence-electron chi connectivity index (χ0n) is 12.8. The molecule has 23 heavy (non-hydrogen) atoms. The molecule has 2 aromatic carbocycles. The van der Waals surface area contributed by atoms with Crippen LogP contribution in [0.2, 0.25) is 0 Å². The Kier molecular flexibility index (Phi) is 4.42. The summed E-state index contributed by atoms with van der Waals surface area (Å²) < 4.78 is 41.1. The van der Waals surface area contributed by atoms with Gasteiger partial charge in [0.25, 0.3) is 10.0 Å². The minimum absolute atomic E-state index is 0.0585. The van der Waals surface area contributed by atoms with Crippen LogP contribution in [0.4, 0.5) is 10.1 Å². The van der Waals surface area contributed by atoms with Gasteiger partial charge in [-0.15, -0.1) is 0 Å². The van der Waals surface area contributed by atoms with E-state index in [9.17, 15) is 17.6 Å². The molecule has 0 saturated heterocycles. The van der Waals surface area contributed by atoms with Crippen LogP contribution in [0.3, 0.4) is 0 Å². The molecule has 122 valence electrons. The molecular weight excluding hydrogens is 321 g/mol. The van der Waals surface area contributed by atoms with E-state index in [0.717, 1.165) is 23.8 Å². The van der Waals surface area contributed by atoms with Crippen molar-refractivity contribution in [1.29, 1.82) is 0 Å². The number of halogens is 1. The van der Waals surface area contributed by atoms with Crippen LogP contribution in [-0.2, 0) is 10.0 Å². The van der Waals surface area contributed by atoms with Gasteiger partial charge in [-0.2, -0.15) is 0 Å². The van der Waals surface area contributed by atoms with Gasteiger partial charge in [0.05, 0.1) is 16.1 Å². The fourth-order valence-corrected chi connectivity index (χ4v) is 4.04. The maximum absolute atomic E-state index is 13.8. The second kappa shape index (κ2) is 6.00. The lowest BCUT2D eigenvalue weighted by Crippen LogP contribution is -2.17. The molecule has 0 aliphatic rings. The number of aromatic carboxylic acids is 1. The smallest absolute Gasteiger partial charge is 0.335 e. The van der Waals surface area contributed by atoms with E-state index in [2.05, 4.69) is 4.72 Å². The molecule has 7 heteroatoms. The molecule has 0 radical (unpaired) electrons. The molecule has 0 saturated carbocycles. The maximum atomic E-state index is 13.8. The van der Waals surface area contributed by atoms with Crippen LogP contribution in [0.5, 0.6) is 0 Å². The van der Waals surface area contributed by atoms with Crippen molar-refractivity contribution in [2.45, 2.75) is 25.7 Å². The average Bonchev–Trinajstić information content (AvgIpc) is 2.39. The summed E-state index contributed by atoms with van der Waals surface area (Å²) in [5, 5.41) is 8.93. The van der Waals surface area contributed by atoms with Crippen molar-refractivity contribution in [2.24, 2.45) is 0 Å². The minimum atomic E-state index is -4.04. The summed E-state index contributed by atoms with van der Waals surface area (Å²) in [6.07, 6.45) is 0. The Balaban J connectivity index is 2.52. The highest BCUT2D eigenvalue weighted by Gasteiger charge is 2.22. The van der Waals surface area contributed by atoms with Crippen molar-refractivity contribution in [1.82, 2.24) is 0 Å². The highest BCUT2D eigenvalue weighted by atomic mass is 32.2. The van der Waals surface area contributed by atoms with Gasteiger partial charge in [0.2, 0.25) is 0 Å². The van der Waals surface area contributed by atoms with Gasteiger partial charge in [0.1, 0.15) is 5.82 Å². The van der Waals surface area contributed by atoms with Crippen LogP contribution >= 0.6 is 0 Å². The van der Waals surface area contributed by atoms with Crippen molar-refractivity contribution >= 4 is 21.7 Å². The molecule has 0 aliphatic heterocycles. The number of carboxylic acid groups (broad SMARTS) is 1. The van der Waals surface area contributed by atoms with Gasteiger partial charge in [-0.1, -0.05) is 17.7 Å². The van der Waals surface area contributed by atoms with Crippen molar-refractivity contribution in [3.63, 3.8) is 0 Å². The number of hydrogen-bond donors (Lipinski definition) is 2. The third-order valence-electron chi connectivity index (χ3n) is 3.33. The van der Waals surface area contributed by atoms with Crippen molar-refractivity contribution in [3.8, 4) is 0 Å². The van der Waals surface area contributed by atoms with Crippen molar-refractivity contribution < 1.29 is 22.7 Å². The van der Waals surface area contributed by atoms with Crippen LogP contribution in [0.25, 0.3) is 0 Å². The SMILES string of the molecule is Cc1cc(C)c(S(=O)(=O)Nc2cc(C(=O)O)ccc2F)c(C)c1. The van der Waals surface area contributed by atoms with Crippen LogP contribution in [0.15, 0.2) is 35.2 Å². The Morgan fingerprint density at radius 3 is 2.17 bits per heavy atom. The summed E-state index contributed by atoms with van der Waals surface area (Å²) in [6, 6.07) is 6.36. The van der Waals surface area contributed by atoms with Crippen molar-refractivity contribution in [3.05, 3.63) is 58.4 Å². The lowest BCUT2D eigenvalue weighted by Gasteiger charge is -2.14. The molecule has 2 rings (SSSR count). The first-order valence-electron chi connectivity index (χ1n) is 6.75. The summed E-state index contributed by atoms with van der Waals surface area (Å²) in [6.45, 7) is 5.15. The molecule has 0 heterocycles. The summed E-state index contributed by atoms with van der Waals surface area (Å²) >= 11 is 0. The molecule has 5 nitrogen and oxygen atoms in total. The standard InChI is InChI=1S/C16H16FNO4S/c1-9-6-10(2)15(11(3)7-9)23(21,22)18-14-8-12(16(19)20)4-5-13(14)17/h4-8,18H,1-3H3,(H,19,20). The van der Waals surface area contributed by atoms with Gasteiger partial charge >= 0.3 is 5.97 Å². The normalized spacial score (nSPS) is 11.3. The number of nitrogens with one attached hydrogen (secondary N) is 1. The molecule has 0 unspecified atom stereocenters. The lowest BCUT2D eigenvalue weighted by atomic mass is 10.1. The topological polar surface area (TPSA) is 83.5 Å². The second-order valence-electron chi connectivity index (χ2n) is 5.33. The minimum Gasteiger partial charge on any atom is -0.478 e. The van der Waals surface area contributed by atoms with E-state index in [4.69, 9.17) is 5.11 Å². The molecule has 0 aromatic heterocycles. The van der Waals surface area contributed by atoms with Gasteiger partial charge in [0.15, 0.2) is 0 Å². The number of hydrogen-bond acceptors (Lipinski definition) is 3. The van der Waals surface area contributed by atoms with Crippen molar-refractivity contribution in [2.75, 3.05) is 4.72 Å². The van der Waals surface area contributed by atoms with Gasteiger partial charge in [-0.05, 0) is 50.1 Å². The maximum Gasteiger partial charge on any atom is 0.335 e. The molecule has 0 bridgehead atoms. The van der Waals surface area contributed by atoms with E-state index in [0.29, 0.717) is 11.1 Å². The molecule has 0 fully saturated rings. The molecule has 2 aromatic rings. The van der Waals surface area contributed by atoms with E-state index >= 15 is 0 Å². The molecule has 0 amide bonds. The Hall–Kier alpha value is -2.41. The monoisotopic (exact) mass is 337 g/mol. The summed E-state index contributed by atoms with van der Waals surface area (Å²) in [5.74, 6) is -2.12. The van der Waals surface area contributed by atoms with E-state index < -0.39 is 27.5 Å². The lowest BCUT2D eigenvalue weighted by molar-refractivity contribution is 0.0697. The van der Waals surface area contributed by atoms with E-state index in [1.807, 2.05) is 6.92 Å². The molecule has 0 atom stereocenters. The first-order chi connectivity index (χ1) is 10.6. The predicted octanol–water partition coefficient (Wildman–Crippen LogP) is 3.25. The number of anilines is 1. The third kappa shape index (κ3) is 3.50. The first-order valence-corrected chi connectivity index (χ1v) is 8.23. The second-order valence-corrected chi connectivity index (χ2v) is 6.95. The largest absolute Gasteiger partial charge is 0.478 e. The molecule has 2 N–H and O–H groups in total. The Labute approximate surface area is 133 Å². The molecular formula is C16H16FNO4S. The van der Waals surface area contributed by atoms with E-state index in [1.165, 1.54) is 0 Å². The van der Waals surface area contributed by atoms with Crippen LogP contribution in [0, 0.1) is 26.6 Å². The number of carbonyl (C=O) groups is 1. The van der Waals surface area contributed by atoms with Crippen LogP contribution in [-0.4, -0.2) is 19.5 Å². The number of sulfonamides is 1. The zero-order chi connectivity index (χ0) is 17.4. The number of aryl methyl sites for hydroxylation is 3.